The number of carbonyl (C=O) groups excluding carboxylic acids is 2. The van der Waals surface area contributed by atoms with Crippen molar-refractivity contribution in [3.05, 3.63) is 0 Å². The summed E-state index contributed by atoms with van der Waals surface area (Å²) in [4.78, 5) is 38.4. The number of alkyl halides is 2. The average Bonchev–Trinajstić information content (AvgIpc) is 3.06. The molecule has 0 aromatic rings. The van der Waals surface area contributed by atoms with Crippen LogP contribution in [0, 0.1) is 23.7 Å². The van der Waals surface area contributed by atoms with Crippen LogP contribution in [-0.2, 0) is 14.4 Å². The molecular formula is C14H17Br2NO4S. The Hall–Kier alpha value is -0.0800. The smallest absolute Gasteiger partial charge is 0.326 e. The highest BCUT2D eigenvalue weighted by Crippen LogP contribution is 2.60. The molecule has 0 radical (unpaired) electrons. The van der Waals surface area contributed by atoms with Gasteiger partial charge in [0.05, 0.1) is 11.8 Å². The highest BCUT2D eigenvalue weighted by atomic mass is 79.9. The molecule has 3 rings (SSSR count). The van der Waals surface area contributed by atoms with Crippen LogP contribution < -0.4 is 0 Å². The molecule has 22 heavy (non-hydrogen) atoms. The fraction of sp³-hybridized carbons (Fsp3) is 0.786. The van der Waals surface area contributed by atoms with Gasteiger partial charge in [-0.2, -0.15) is 11.8 Å². The van der Waals surface area contributed by atoms with Crippen LogP contribution >= 0.6 is 43.6 Å². The molecule has 0 spiro atoms. The first-order valence-corrected chi connectivity index (χ1v) is 10.5. The third kappa shape index (κ3) is 2.28. The maximum absolute atomic E-state index is 12.7. The van der Waals surface area contributed by atoms with E-state index in [9.17, 15) is 19.5 Å². The second kappa shape index (κ2) is 6.09. The van der Waals surface area contributed by atoms with Crippen LogP contribution in [-0.4, -0.2) is 55.5 Å². The van der Waals surface area contributed by atoms with Crippen molar-refractivity contribution >= 4 is 61.4 Å². The van der Waals surface area contributed by atoms with E-state index in [2.05, 4.69) is 31.9 Å². The predicted molar refractivity (Wildman–Crippen MR) is 90.3 cm³/mol. The van der Waals surface area contributed by atoms with Crippen LogP contribution in [0.1, 0.15) is 12.8 Å². The Morgan fingerprint density at radius 3 is 2.18 bits per heavy atom. The summed E-state index contributed by atoms with van der Waals surface area (Å²) >= 11 is 8.76. The van der Waals surface area contributed by atoms with Gasteiger partial charge in [-0.1, -0.05) is 31.9 Å². The van der Waals surface area contributed by atoms with Gasteiger partial charge in [0.1, 0.15) is 6.04 Å². The molecule has 0 unspecified atom stereocenters. The summed E-state index contributed by atoms with van der Waals surface area (Å²) in [6, 6.07) is -1.03. The molecule has 5 nitrogen and oxygen atoms in total. The summed E-state index contributed by atoms with van der Waals surface area (Å²) in [5.74, 6) is -1.47. The van der Waals surface area contributed by atoms with Crippen LogP contribution in [0.3, 0.4) is 0 Å². The van der Waals surface area contributed by atoms with E-state index in [1.54, 1.807) is 0 Å². The lowest BCUT2D eigenvalue weighted by Crippen LogP contribution is -2.46. The molecule has 0 aromatic heterocycles. The molecule has 1 heterocycles. The second-order valence-corrected chi connectivity index (χ2v) is 9.29. The van der Waals surface area contributed by atoms with Crippen molar-refractivity contribution in [3.63, 3.8) is 0 Å². The van der Waals surface area contributed by atoms with E-state index in [0.717, 1.165) is 11.3 Å². The summed E-state index contributed by atoms with van der Waals surface area (Å²) in [5.41, 5.74) is 0. The van der Waals surface area contributed by atoms with Crippen molar-refractivity contribution in [1.82, 2.24) is 4.90 Å². The molecule has 7 atom stereocenters. The predicted octanol–water partition coefficient (Wildman–Crippen LogP) is 1.97. The zero-order valence-electron chi connectivity index (χ0n) is 11.9. The molecule has 2 aliphatic carbocycles. The number of rotatable bonds is 5. The second-order valence-electron chi connectivity index (χ2n) is 6.19. The maximum Gasteiger partial charge on any atom is 0.326 e. The number of amides is 2. The van der Waals surface area contributed by atoms with Gasteiger partial charge in [-0.05, 0) is 36.7 Å². The van der Waals surface area contributed by atoms with Gasteiger partial charge in [-0.15, -0.1) is 0 Å². The highest BCUT2D eigenvalue weighted by Gasteiger charge is 2.67. The lowest BCUT2D eigenvalue weighted by atomic mass is 9.81. The topological polar surface area (TPSA) is 74.7 Å². The number of aliphatic carboxylic acids is 1. The highest BCUT2D eigenvalue weighted by molar-refractivity contribution is 9.12. The van der Waals surface area contributed by atoms with Crippen molar-refractivity contribution < 1.29 is 19.5 Å². The fourth-order valence-corrected chi connectivity index (χ4v) is 6.60. The van der Waals surface area contributed by atoms with E-state index >= 15 is 0 Å². The summed E-state index contributed by atoms with van der Waals surface area (Å²) in [6.07, 6.45) is 3.04. The Kier molecular flexibility index (Phi) is 4.64. The Morgan fingerprint density at radius 2 is 1.77 bits per heavy atom. The van der Waals surface area contributed by atoms with Crippen molar-refractivity contribution in [2.45, 2.75) is 28.5 Å². The van der Waals surface area contributed by atoms with Crippen LogP contribution in [0.15, 0.2) is 0 Å². The minimum absolute atomic E-state index is 0.121. The molecule has 3 aliphatic rings. The molecule has 8 heteroatoms. The Morgan fingerprint density at radius 1 is 1.27 bits per heavy atom. The van der Waals surface area contributed by atoms with Crippen LogP contribution in [0.25, 0.3) is 0 Å². The molecule has 2 amide bonds. The summed E-state index contributed by atoms with van der Waals surface area (Å²) in [7, 11) is 0. The van der Waals surface area contributed by atoms with Gasteiger partial charge >= 0.3 is 5.97 Å². The molecular weight excluding hydrogens is 438 g/mol. The van der Waals surface area contributed by atoms with Gasteiger partial charge in [0.25, 0.3) is 0 Å². The largest absolute Gasteiger partial charge is 0.480 e. The van der Waals surface area contributed by atoms with Crippen molar-refractivity contribution in [1.29, 1.82) is 0 Å². The van der Waals surface area contributed by atoms with E-state index < -0.39 is 12.0 Å². The van der Waals surface area contributed by atoms with Crippen molar-refractivity contribution in [2.75, 3.05) is 12.0 Å². The van der Waals surface area contributed by atoms with E-state index in [-0.39, 0.29) is 45.1 Å². The number of likely N-dealkylation sites (tertiary alicyclic amines) is 1. The third-order valence-corrected chi connectivity index (χ3v) is 9.06. The SMILES string of the molecule is CSCC[C@@H](C(=O)O)N1C(=O)[C@@H]2[C@@H]3C[C@H]([C@H](Br)[C@@H]3Br)[C@@H]2C1=O. The molecule has 0 aromatic carbocycles. The Bertz CT molecular complexity index is 499. The molecule has 2 saturated carbocycles. The Labute approximate surface area is 149 Å². The number of nitrogens with zero attached hydrogens (tertiary/aromatic N) is 1. The van der Waals surface area contributed by atoms with Crippen LogP contribution in [0.2, 0.25) is 0 Å². The monoisotopic (exact) mass is 453 g/mol. The van der Waals surface area contributed by atoms with Gasteiger partial charge in [-0.25, -0.2) is 4.79 Å². The van der Waals surface area contributed by atoms with Gasteiger partial charge in [0, 0.05) is 9.65 Å². The number of fused-ring (bicyclic) bond motifs is 5. The molecule has 1 saturated heterocycles. The van der Waals surface area contributed by atoms with Gasteiger partial charge in [0.15, 0.2) is 0 Å². The van der Waals surface area contributed by atoms with Crippen molar-refractivity contribution in [3.8, 4) is 0 Å². The first-order valence-electron chi connectivity index (χ1n) is 7.27. The molecule has 1 N–H and O–H groups in total. The summed E-state index contributed by atoms with van der Waals surface area (Å²) in [5, 5.41) is 9.44. The van der Waals surface area contributed by atoms with Gasteiger partial charge < -0.3 is 5.11 Å². The number of hydrogen-bond acceptors (Lipinski definition) is 4. The van der Waals surface area contributed by atoms with E-state index in [1.165, 1.54) is 11.8 Å². The number of thioether (sulfide) groups is 1. The number of imide groups is 1. The molecule has 2 bridgehead atoms. The quantitative estimate of drug-likeness (QED) is 0.507. The van der Waals surface area contributed by atoms with Crippen LogP contribution in [0.5, 0.6) is 0 Å². The van der Waals surface area contributed by atoms with Gasteiger partial charge in [0.2, 0.25) is 11.8 Å². The summed E-state index contributed by atoms with van der Waals surface area (Å²) < 4.78 is 0. The van der Waals surface area contributed by atoms with Crippen LogP contribution in [0.4, 0.5) is 0 Å². The average molecular weight is 455 g/mol. The van der Waals surface area contributed by atoms with Gasteiger partial charge in [-0.3, -0.25) is 14.5 Å². The number of carboxylic acid groups (broad SMARTS) is 1. The normalized spacial score (nSPS) is 41.1. The lowest BCUT2D eigenvalue weighted by molar-refractivity contribution is -0.155. The minimum atomic E-state index is -1.09. The lowest BCUT2D eigenvalue weighted by Gasteiger charge is -2.28. The number of halogens is 2. The Balaban J connectivity index is 1.88. The maximum atomic E-state index is 12.7. The van der Waals surface area contributed by atoms with E-state index in [1.807, 2.05) is 6.26 Å². The third-order valence-electron chi connectivity index (χ3n) is 5.21. The standard InChI is InChI=1S/C14H17Br2NO4S/c1-22-3-2-7(14(20)21)17-12(18)8-5-4-6(9(8)13(17)19)11(16)10(5)15/h5-11H,2-4H2,1H3,(H,20,21)/t5-,6-,7-,8-,9+,10-,11+/m0/s1. The number of carboxylic acids is 1. The zero-order valence-corrected chi connectivity index (χ0v) is 15.9. The minimum Gasteiger partial charge on any atom is -0.480 e. The van der Waals surface area contributed by atoms with E-state index in [4.69, 9.17) is 0 Å². The molecule has 122 valence electrons. The molecule has 1 aliphatic heterocycles. The zero-order chi connectivity index (χ0) is 16.2. The number of hydrogen-bond donors (Lipinski definition) is 1. The fourth-order valence-electron chi connectivity index (χ4n) is 4.27. The first-order chi connectivity index (χ1) is 10.4. The van der Waals surface area contributed by atoms with Crippen molar-refractivity contribution in [2.24, 2.45) is 23.7 Å². The molecule has 3 fully saturated rings. The summed E-state index contributed by atoms with van der Waals surface area (Å²) in [6.45, 7) is 0. The van der Waals surface area contributed by atoms with E-state index in [0.29, 0.717) is 12.2 Å². The first kappa shape index (κ1) is 16.8. The number of carbonyl (C=O) groups is 3.